The quantitative estimate of drug-likeness (QED) is 0.818. The monoisotopic (exact) mass is 348 g/mol. The zero-order chi connectivity index (χ0) is 18.1. The van der Waals surface area contributed by atoms with E-state index >= 15 is 0 Å². The molecule has 2 atom stereocenters. The molecule has 1 aliphatic heterocycles. The molecule has 0 saturated carbocycles. The summed E-state index contributed by atoms with van der Waals surface area (Å²) in [7, 11) is 0. The first-order chi connectivity index (χ1) is 11.9. The van der Waals surface area contributed by atoms with E-state index in [1.54, 1.807) is 0 Å². The molecule has 0 saturated heterocycles. The van der Waals surface area contributed by atoms with Crippen LogP contribution in [-0.4, -0.2) is 15.7 Å². The Kier molecular flexibility index (Phi) is 4.85. The van der Waals surface area contributed by atoms with Crippen molar-refractivity contribution >= 4 is 11.6 Å². The molecule has 1 aromatic carbocycles. The van der Waals surface area contributed by atoms with Crippen LogP contribution < -0.4 is 11.1 Å². The van der Waals surface area contributed by atoms with Crippen LogP contribution in [0.5, 0.6) is 0 Å². The number of halogens is 2. The van der Waals surface area contributed by atoms with E-state index in [-0.39, 0.29) is 23.6 Å². The lowest BCUT2D eigenvalue weighted by Crippen LogP contribution is -2.22. The Hall–Kier alpha value is -2.28. The third-order valence-electron chi connectivity index (χ3n) is 4.78. The molecular formula is C18H22F2N4O. The molecule has 5 nitrogen and oxygen atoms in total. The van der Waals surface area contributed by atoms with Crippen molar-refractivity contribution in [2.45, 2.75) is 45.7 Å². The molecule has 0 radical (unpaired) electrons. The highest BCUT2D eigenvalue weighted by Gasteiger charge is 2.24. The number of carbonyl (C=O) groups is 1. The molecule has 0 aliphatic carbocycles. The van der Waals surface area contributed by atoms with Crippen molar-refractivity contribution in [2.75, 3.05) is 5.32 Å². The van der Waals surface area contributed by atoms with E-state index in [0.29, 0.717) is 22.4 Å². The summed E-state index contributed by atoms with van der Waals surface area (Å²) in [6.07, 6.45) is 3.53. The summed E-state index contributed by atoms with van der Waals surface area (Å²) in [5.41, 5.74) is 9.10. The fourth-order valence-electron chi connectivity index (χ4n) is 3.19. The van der Waals surface area contributed by atoms with Crippen LogP contribution in [0.4, 0.5) is 14.5 Å². The zero-order valence-corrected chi connectivity index (χ0v) is 14.3. The highest BCUT2D eigenvalue weighted by molar-refractivity contribution is 5.96. The summed E-state index contributed by atoms with van der Waals surface area (Å²) in [5.74, 6) is -0.424. The van der Waals surface area contributed by atoms with E-state index in [2.05, 4.69) is 10.4 Å². The van der Waals surface area contributed by atoms with Crippen LogP contribution in [0.1, 0.15) is 49.9 Å². The van der Waals surface area contributed by atoms with Crippen molar-refractivity contribution in [2.24, 2.45) is 11.7 Å². The van der Waals surface area contributed by atoms with Gasteiger partial charge in [-0.1, -0.05) is 25.5 Å². The smallest absolute Gasteiger partial charge is 0.324 e. The van der Waals surface area contributed by atoms with Gasteiger partial charge in [-0.05, 0) is 37.0 Å². The van der Waals surface area contributed by atoms with Gasteiger partial charge in [-0.25, -0.2) is 4.68 Å². The van der Waals surface area contributed by atoms with E-state index in [4.69, 9.17) is 5.73 Å². The molecule has 7 heteroatoms. The Morgan fingerprint density at radius 2 is 2.12 bits per heavy atom. The van der Waals surface area contributed by atoms with E-state index in [9.17, 15) is 13.6 Å². The molecule has 3 rings (SSSR count). The maximum atomic E-state index is 13.5. The van der Waals surface area contributed by atoms with Crippen LogP contribution >= 0.6 is 0 Å². The average Bonchev–Trinajstić information content (AvgIpc) is 2.97. The molecule has 2 aromatic rings. The summed E-state index contributed by atoms with van der Waals surface area (Å²) in [4.78, 5) is 12.4. The molecule has 134 valence electrons. The Labute approximate surface area is 145 Å². The first-order valence-electron chi connectivity index (χ1n) is 8.41. The fraction of sp³-hybridized carbons (Fsp3) is 0.444. The maximum absolute atomic E-state index is 13.5. The minimum atomic E-state index is -2.80. The van der Waals surface area contributed by atoms with Gasteiger partial charge in [0.2, 0.25) is 5.91 Å². The van der Waals surface area contributed by atoms with E-state index in [1.165, 1.54) is 6.20 Å². The fourth-order valence-corrected chi connectivity index (χ4v) is 3.19. The molecule has 2 heterocycles. The number of rotatable bonds is 1. The number of aromatic nitrogens is 2. The van der Waals surface area contributed by atoms with E-state index < -0.39 is 6.55 Å². The Bertz CT molecular complexity index is 787. The van der Waals surface area contributed by atoms with Gasteiger partial charge in [0.05, 0.1) is 17.6 Å². The lowest BCUT2D eigenvalue weighted by atomic mass is 9.93. The molecule has 2 bridgehead atoms. The van der Waals surface area contributed by atoms with Gasteiger partial charge < -0.3 is 11.1 Å². The van der Waals surface area contributed by atoms with E-state index in [0.717, 1.165) is 24.0 Å². The Morgan fingerprint density at radius 3 is 2.84 bits per heavy atom. The number of fused-ring (bicyclic) bond motifs is 4. The molecule has 0 unspecified atom stereocenters. The first kappa shape index (κ1) is 17.5. The third-order valence-corrected chi connectivity index (χ3v) is 4.78. The van der Waals surface area contributed by atoms with Crippen molar-refractivity contribution in [3.05, 3.63) is 35.5 Å². The number of amides is 1. The van der Waals surface area contributed by atoms with Gasteiger partial charge in [-0.3, -0.25) is 4.79 Å². The Balaban J connectivity index is 2.20. The number of alkyl halides is 2. The average molecular weight is 348 g/mol. The van der Waals surface area contributed by atoms with Crippen LogP contribution in [0, 0.1) is 12.8 Å². The Morgan fingerprint density at radius 1 is 1.36 bits per heavy atom. The number of nitrogens with one attached hydrogen (secondary N) is 1. The molecule has 0 fully saturated rings. The van der Waals surface area contributed by atoms with Crippen LogP contribution in [0.2, 0.25) is 0 Å². The number of hydrogen-bond donors (Lipinski definition) is 2. The van der Waals surface area contributed by atoms with Crippen molar-refractivity contribution in [3.63, 3.8) is 0 Å². The predicted molar refractivity (Wildman–Crippen MR) is 92.2 cm³/mol. The van der Waals surface area contributed by atoms with Crippen molar-refractivity contribution < 1.29 is 13.6 Å². The zero-order valence-electron chi connectivity index (χ0n) is 14.3. The lowest BCUT2D eigenvalue weighted by Gasteiger charge is -2.20. The second kappa shape index (κ2) is 6.92. The van der Waals surface area contributed by atoms with Gasteiger partial charge in [0, 0.05) is 17.5 Å². The summed E-state index contributed by atoms with van der Waals surface area (Å²) in [5, 5.41) is 6.55. The van der Waals surface area contributed by atoms with Gasteiger partial charge in [0.15, 0.2) is 0 Å². The van der Waals surface area contributed by atoms with Crippen LogP contribution in [0.15, 0.2) is 24.4 Å². The number of aryl methyl sites for hydroxylation is 1. The van der Waals surface area contributed by atoms with Crippen molar-refractivity contribution in [1.82, 2.24) is 9.78 Å². The highest BCUT2D eigenvalue weighted by Crippen LogP contribution is 2.36. The molecular weight excluding hydrogens is 326 g/mol. The molecule has 3 N–H and O–H groups in total. The highest BCUT2D eigenvalue weighted by atomic mass is 19.3. The lowest BCUT2D eigenvalue weighted by molar-refractivity contribution is -0.119. The molecule has 0 spiro atoms. The molecule has 1 aromatic heterocycles. The van der Waals surface area contributed by atoms with Crippen LogP contribution in [0.25, 0.3) is 11.3 Å². The van der Waals surface area contributed by atoms with E-state index in [1.807, 2.05) is 32.0 Å². The number of benzene rings is 1. The molecule has 25 heavy (non-hydrogen) atoms. The van der Waals surface area contributed by atoms with Crippen LogP contribution in [-0.2, 0) is 4.79 Å². The standard InChI is InChI=1S/C18H22F2N4O/c1-10-6-7-12-8-13(10)16-15(9-22-24(16)18(19)20)23-17(25)11(2)4-3-5-14(12)21/h6-9,11,14,18H,3-5,21H2,1-2H3,(H,23,25)/t11-,14+/m1/s1. The molecule has 1 aliphatic rings. The van der Waals surface area contributed by atoms with Gasteiger partial charge in [0.1, 0.15) is 0 Å². The molecule has 1 amide bonds. The first-order valence-corrected chi connectivity index (χ1v) is 8.41. The minimum Gasteiger partial charge on any atom is -0.324 e. The maximum Gasteiger partial charge on any atom is 0.333 e. The van der Waals surface area contributed by atoms with Crippen molar-refractivity contribution in [1.29, 1.82) is 0 Å². The van der Waals surface area contributed by atoms with Gasteiger partial charge >= 0.3 is 6.55 Å². The van der Waals surface area contributed by atoms with Crippen LogP contribution in [0.3, 0.4) is 0 Å². The SMILES string of the molecule is Cc1ccc2cc1-c1c(cnn1C(F)F)NC(=O)[C@H](C)CCC[C@@H]2N. The largest absolute Gasteiger partial charge is 0.333 e. The summed E-state index contributed by atoms with van der Waals surface area (Å²) in [6.45, 7) is 0.865. The number of carbonyl (C=O) groups excluding carboxylic acids is 1. The number of nitrogens with two attached hydrogens (primary N) is 1. The number of hydrogen-bond acceptors (Lipinski definition) is 3. The van der Waals surface area contributed by atoms with Gasteiger partial charge in [0.25, 0.3) is 0 Å². The van der Waals surface area contributed by atoms with Crippen molar-refractivity contribution in [3.8, 4) is 11.3 Å². The second-order valence-corrected chi connectivity index (χ2v) is 6.63. The number of nitrogens with zero attached hydrogens (tertiary/aromatic N) is 2. The minimum absolute atomic E-state index is 0.194. The normalized spacial score (nSPS) is 21.3. The summed E-state index contributed by atoms with van der Waals surface area (Å²) < 4.78 is 27.6. The summed E-state index contributed by atoms with van der Waals surface area (Å²) >= 11 is 0. The van der Waals surface area contributed by atoms with Gasteiger partial charge in [-0.15, -0.1) is 0 Å². The number of anilines is 1. The third kappa shape index (κ3) is 3.42. The predicted octanol–water partition coefficient (Wildman–Crippen LogP) is 4.01. The summed E-state index contributed by atoms with van der Waals surface area (Å²) in [6, 6.07) is 5.43. The topological polar surface area (TPSA) is 72.9 Å². The second-order valence-electron chi connectivity index (χ2n) is 6.63. The van der Waals surface area contributed by atoms with Gasteiger partial charge in [-0.2, -0.15) is 13.9 Å².